The van der Waals surface area contributed by atoms with Gasteiger partial charge in [-0.1, -0.05) is 0 Å². The molecule has 1 amide bonds. The molecule has 1 unspecified atom stereocenters. The van der Waals surface area contributed by atoms with E-state index >= 15 is 0 Å². The number of hydrogen-bond acceptors (Lipinski definition) is 3. The summed E-state index contributed by atoms with van der Waals surface area (Å²) in [4.78, 5) is 19.0. The van der Waals surface area contributed by atoms with Crippen molar-refractivity contribution >= 4 is 5.91 Å². The van der Waals surface area contributed by atoms with Gasteiger partial charge < -0.3 is 9.47 Å². The van der Waals surface area contributed by atoms with E-state index in [9.17, 15) is 4.79 Å². The minimum absolute atomic E-state index is 0.282. The SMILES string of the molecule is O=C(CC1CC1)N1Cc2nccn2CC(Cn2cccn2)C1. The lowest BCUT2D eigenvalue weighted by Crippen LogP contribution is -2.35. The van der Waals surface area contributed by atoms with Crippen LogP contribution in [0.2, 0.25) is 0 Å². The Morgan fingerprint density at radius 1 is 1.18 bits per heavy atom. The maximum Gasteiger partial charge on any atom is 0.223 e. The van der Waals surface area contributed by atoms with Crippen LogP contribution in [0.1, 0.15) is 25.1 Å². The highest BCUT2D eigenvalue weighted by molar-refractivity contribution is 5.76. The third-order valence-corrected chi connectivity index (χ3v) is 4.58. The maximum atomic E-state index is 12.5. The molecule has 1 saturated carbocycles. The molecule has 6 nitrogen and oxygen atoms in total. The second-order valence-electron chi connectivity index (χ2n) is 6.51. The average molecular weight is 299 g/mol. The van der Waals surface area contributed by atoms with E-state index in [2.05, 4.69) is 14.6 Å². The van der Waals surface area contributed by atoms with Gasteiger partial charge in [0.05, 0.1) is 6.54 Å². The molecule has 0 spiro atoms. The molecule has 116 valence electrons. The number of rotatable bonds is 4. The normalized spacial score (nSPS) is 21.5. The summed E-state index contributed by atoms with van der Waals surface area (Å²) in [5.74, 6) is 2.26. The lowest BCUT2D eigenvalue weighted by molar-refractivity contribution is -0.132. The molecule has 3 heterocycles. The van der Waals surface area contributed by atoms with Gasteiger partial charge in [0.15, 0.2) is 0 Å². The molecule has 6 heteroatoms. The molecule has 0 N–H and O–H groups in total. The van der Waals surface area contributed by atoms with Gasteiger partial charge in [-0.3, -0.25) is 9.48 Å². The topological polar surface area (TPSA) is 56.0 Å². The van der Waals surface area contributed by atoms with E-state index in [1.807, 2.05) is 34.2 Å². The van der Waals surface area contributed by atoms with Crippen LogP contribution in [0.15, 0.2) is 30.9 Å². The summed E-state index contributed by atoms with van der Waals surface area (Å²) in [5.41, 5.74) is 0. The fourth-order valence-electron chi connectivity index (χ4n) is 3.22. The molecule has 0 aromatic carbocycles. The number of carbonyl (C=O) groups excluding carboxylic acids is 1. The van der Waals surface area contributed by atoms with E-state index in [0.717, 1.165) is 25.5 Å². The molecule has 0 saturated heterocycles. The first-order chi connectivity index (χ1) is 10.8. The first kappa shape index (κ1) is 13.5. The van der Waals surface area contributed by atoms with Crippen LogP contribution in [0.3, 0.4) is 0 Å². The Morgan fingerprint density at radius 3 is 2.86 bits per heavy atom. The van der Waals surface area contributed by atoms with Gasteiger partial charge in [-0.2, -0.15) is 5.10 Å². The second-order valence-corrected chi connectivity index (χ2v) is 6.51. The van der Waals surface area contributed by atoms with E-state index in [1.165, 1.54) is 12.8 Å². The number of hydrogen-bond donors (Lipinski definition) is 0. The summed E-state index contributed by atoms with van der Waals surface area (Å²) in [5, 5.41) is 4.30. The Labute approximate surface area is 129 Å². The Kier molecular flexibility index (Phi) is 3.44. The largest absolute Gasteiger partial charge is 0.335 e. The fourth-order valence-corrected chi connectivity index (χ4v) is 3.22. The third-order valence-electron chi connectivity index (χ3n) is 4.58. The van der Waals surface area contributed by atoms with Gasteiger partial charge in [0.1, 0.15) is 5.82 Å². The molecule has 2 aromatic rings. The van der Waals surface area contributed by atoms with Gasteiger partial charge in [0.25, 0.3) is 0 Å². The predicted octanol–water partition coefficient (Wildman–Crippen LogP) is 1.54. The van der Waals surface area contributed by atoms with Crippen molar-refractivity contribution in [3.8, 4) is 0 Å². The van der Waals surface area contributed by atoms with Gasteiger partial charge in [-0.15, -0.1) is 0 Å². The van der Waals surface area contributed by atoms with E-state index in [4.69, 9.17) is 0 Å². The van der Waals surface area contributed by atoms with Crippen LogP contribution < -0.4 is 0 Å². The highest BCUT2D eigenvalue weighted by atomic mass is 16.2. The lowest BCUT2D eigenvalue weighted by atomic mass is 10.1. The quantitative estimate of drug-likeness (QED) is 0.860. The van der Waals surface area contributed by atoms with Crippen molar-refractivity contribution in [1.29, 1.82) is 0 Å². The van der Waals surface area contributed by atoms with Crippen molar-refractivity contribution in [1.82, 2.24) is 24.2 Å². The van der Waals surface area contributed by atoms with Crippen LogP contribution in [0, 0.1) is 11.8 Å². The number of nitrogens with zero attached hydrogens (tertiary/aromatic N) is 5. The van der Waals surface area contributed by atoms with Gasteiger partial charge >= 0.3 is 0 Å². The Bertz CT molecular complexity index is 643. The average Bonchev–Trinajstić information content (AvgIpc) is 3.03. The van der Waals surface area contributed by atoms with Gasteiger partial charge in [0, 0.05) is 56.8 Å². The van der Waals surface area contributed by atoms with E-state index in [0.29, 0.717) is 24.8 Å². The van der Waals surface area contributed by atoms with Crippen molar-refractivity contribution in [2.24, 2.45) is 11.8 Å². The van der Waals surface area contributed by atoms with Crippen molar-refractivity contribution in [3.05, 3.63) is 36.7 Å². The fraction of sp³-hybridized carbons (Fsp3) is 0.562. The molecule has 2 aromatic heterocycles. The first-order valence-electron chi connectivity index (χ1n) is 8.03. The minimum atomic E-state index is 0.282. The monoisotopic (exact) mass is 299 g/mol. The van der Waals surface area contributed by atoms with Crippen molar-refractivity contribution in [2.75, 3.05) is 6.54 Å². The molecule has 1 aliphatic carbocycles. The summed E-state index contributed by atoms with van der Waals surface area (Å²) in [6.07, 6.45) is 10.8. The molecule has 22 heavy (non-hydrogen) atoms. The van der Waals surface area contributed by atoms with Crippen LogP contribution in [-0.4, -0.2) is 36.7 Å². The van der Waals surface area contributed by atoms with E-state index in [-0.39, 0.29) is 5.91 Å². The van der Waals surface area contributed by atoms with Crippen molar-refractivity contribution in [2.45, 2.75) is 38.9 Å². The molecule has 2 aliphatic rings. The summed E-state index contributed by atoms with van der Waals surface area (Å²) >= 11 is 0. The lowest BCUT2D eigenvalue weighted by Gasteiger charge is -2.24. The second kappa shape index (κ2) is 5.59. The van der Waals surface area contributed by atoms with Gasteiger partial charge in [-0.25, -0.2) is 4.98 Å². The third kappa shape index (κ3) is 2.91. The predicted molar refractivity (Wildman–Crippen MR) is 80.7 cm³/mol. The van der Waals surface area contributed by atoms with Crippen LogP contribution in [0.4, 0.5) is 0 Å². The molecule has 0 bridgehead atoms. The smallest absolute Gasteiger partial charge is 0.223 e. The summed E-state index contributed by atoms with van der Waals surface area (Å²) in [6.45, 7) is 3.14. The maximum absolute atomic E-state index is 12.5. The van der Waals surface area contributed by atoms with Crippen LogP contribution in [0.25, 0.3) is 0 Å². The molecule has 1 atom stereocenters. The number of imidazole rings is 1. The molecule has 0 radical (unpaired) electrons. The molecule has 1 aliphatic heterocycles. The summed E-state index contributed by atoms with van der Waals surface area (Å²) < 4.78 is 4.13. The number of carbonyl (C=O) groups is 1. The standard InChI is InChI=1S/C16H21N5O/c22-16(8-13-2-3-13)20-10-14(11-21-6-1-4-18-21)9-19-7-5-17-15(19)12-20/h1,4-7,13-14H,2-3,8-12H2. The Morgan fingerprint density at radius 2 is 2.09 bits per heavy atom. The summed E-state index contributed by atoms with van der Waals surface area (Å²) in [7, 11) is 0. The van der Waals surface area contributed by atoms with Crippen molar-refractivity contribution in [3.63, 3.8) is 0 Å². The Hall–Kier alpha value is -2.11. The first-order valence-corrected chi connectivity index (χ1v) is 8.03. The van der Waals surface area contributed by atoms with E-state index < -0.39 is 0 Å². The highest BCUT2D eigenvalue weighted by Crippen LogP contribution is 2.33. The van der Waals surface area contributed by atoms with Crippen LogP contribution in [-0.2, 0) is 24.4 Å². The molecule has 1 fully saturated rings. The molecular formula is C16H21N5O. The Balaban J connectivity index is 1.52. The van der Waals surface area contributed by atoms with Gasteiger partial charge in [0.2, 0.25) is 5.91 Å². The zero-order chi connectivity index (χ0) is 14.9. The zero-order valence-corrected chi connectivity index (χ0v) is 12.6. The molecular weight excluding hydrogens is 278 g/mol. The van der Waals surface area contributed by atoms with Crippen LogP contribution in [0.5, 0.6) is 0 Å². The van der Waals surface area contributed by atoms with Crippen LogP contribution >= 0.6 is 0 Å². The summed E-state index contributed by atoms with van der Waals surface area (Å²) in [6, 6.07) is 1.94. The number of fused-ring (bicyclic) bond motifs is 1. The van der Waals surface area contributed by atoms with Crippen molar-refractivity contribution < 1.29 is 4.79 Å². The van der Waals surface area contributed by atoms with E-state index in [1.54, 1.807) is 6.20 Å². The minimum Gasteiger partial charge on any atom is -0.335 e. The van der Waals surface area contributed by atoms with Gasteiger partial charge in [-0.05, 0) is 24.8 Å². The molecule has 4 rings (SSSR count). The number of amides is 1. The highest BCUT2D eigenvalue weighted by Gasteiger charge is 2.30. The zero-order valence-electron chi connectivity index (χ0n) is 12.6. The number of aromatic nitrogens is 4.